The third kappa shape index (κ3) is 2.95. The van der Waals surface area contributed by atoms with Crippen LogP contribution in [-0.4, -0.2) is 17.9 Å². The summed E-state index contributed by atoms with van der Waals surface area (Å²) in [6.07, 6.45) is 0.875. The Hall–Kier alpha value is -1.81. The lowest BCUT2D eigenvalue weighted by Gasteiger charge is -2.15. The first-order chi connectivity index (χ1) is 10.1. The van der Waals surface area contributed by atoms with Crippen LogP contribution in [0.1, 0.15) is 23.4 Å². The van der Waals surface area contributed by atoms with Crippen LogP contribution < -0.4 is 14.9 Å². The Balaban J connectivity index is 1.80. The third-order valence-electron chi connectivity index (χ3n) is 3.57. The van der Waals surface area contributed by atoms with Gasteiger partial charge in [-0.3, -0.25) is 4.68 Å². The Kier molecular flexibility index (Phi) is 3.97. The van der Waals surface area contributed by atoms with Crippen molar-refractivity contribution in [2.45, 2.75) is 26.8 Å². The van der Waals surface area contributed by atoms with Crippen LogP contribution in [-0.2, 0) is 6.54 Å². The molecule has 1 aromatic heterocycles. The number of aryl methyl sites for hydroxylation is 2. The molecule has 2 heterocycles. The number of rotatable bonds is 3. The number of hydrogen-bond acceptors (Lipinski definition) is 3. The van der Waals surface area contributed by atoms with Crippen LogP contribution >= 0.6 is 11.6 Å². The van der Waals surface area contributed by atoms with Crippen LogP contribution in [0.5, 0.6) is 11.5 Å². The van der Waals surface area contributed by atoms with Gasteiger partial charge in [-0.2, -0.15) is 0 Å². The maximum atomic E-state index is 6.30. The molecular formula is C16H19ClN2O2. The maximum absolute atomic E-state index is 6.30. The molecule has 0 fully saturated rings. The molecule has 0 aliphatic carbocycles. The van der Waals surface area contributed by atoms with Crippen molar-refractivity contribution in [3.05, 3.63) is 46.2 Å². The van der Waals surface area contributed by atoms with E-state index in [0.29, 0.717) is 30.5 Å². The Bertz CT molecular complexity index is 632. The van der Waals surface area contributed by atoms with Gasteiger partial charge < -0.3 is 14.9 Å². The zero-order valence-corrected chi connectivity index (χ0v) is 13.0. The van der Waals surface area contributed by atoms with Gasteiger partial charge in [-0.1, -0.05) is 11.6 Å². The Morgan fingerprint density at radius 2 is 1.86 bits per heavy atom. The van der Waals surface area contributed by atoms with Crippen LogP contribution in [0, 0.1) is 13.8 Å². The monoisotopic (exact) mass is 306 g/mol. The normalized spacial score (nSPS) is 13.9. The van der Waals surface area contributed by atoms with Gasteiger partial charge in [0.05, 0.1) is 24.8 Å². The highest BCUT2D eigenvalue weighted by Crippen LogP contribution is 2.38. The number of hydrogen-bond donors (Lipinski definition) is 1. The number of fused-ring (bicyclic) bond motifs is 1. The minimum absolute atomic E-state index is 0.604. The van der Waals surface area contributed by atoms with E-state index in [-0.39, 0.29) is 0 Å². The summed E-state index contributed by atoms with van der Waals surface area (Å²) in [5.74, 6) is 1.39. The lowest BCUT2D eigenvalue weighted by atomic mass is 10.2. The molecule has 1 N–H and O–H groups in total. The zero-order chi connectivity index (χ0) is 14.8. The van der Waals surface area contributed by atoms with E-state index in [1.54, 1.807) is 0 Å². The summed E-state index contributed by atoms with van der Waals surface area (Å²) in [4.78, 5) is 0. The van der Waals surface area contributed by atoms with Gasteiger partial charge in [-0.05, 0) is 43.7 Å². The number of nitrogens with one attached hydrogen (secondary N) is 1. The summed E-state index contributed by atoms with van der Waals surface area (Å²) in [7, 11) is 0. The molecule has 2 aromatic rings. The van der Waals surface area contributed by atoms with Crippen molar-refractivity contribution < 1.29 is 9.47 Å². The van der Waals surface area contributed by atoms with Gasteiger partial charge >= 0.3 is 0 Å². The predicted molar refractivity (Wildman–Crippen MR) is 84.0 cm³/mol. The van der Waals surface area contributed by atoms with E-state index in [4.69, 9.17) is 21.1 Å². The summed E-state index contributed by atoms with van der Waals surface area (Å²) in [6, 6.07) is 8.09. The first kappa shape index (κ1) is 14.1. The van der Waals surface area contributed by atoms with Gasteiger partial charge in [0.15, 0.2) is 11.5 Å². The van der Waals surface area contributed by atoms with Crippen molar-refractivity contribution in [1.82, 2.24) is 4.68 Å². The highest BCUT2D eigenvalue weighted by Gasteiger charge is 2.15. The number of nitrogens with zero attached hydrogens (tertiary/aromatic N) is 1. The van der Waals surface area contributed by atoms with E-state index >= 15 is 0 Å². The fourth-order valence-corrected chi connectivity index (χ4v) is 2.76. The first-order valence-corrected chi connectivity index (χ1v) is 7.50. The Labute approximate surface area is 129 Å². The molecule has 0 saturated heterocycles. The molecule has 0 radical (unpaired) electrons. The molecule has 3 rings (SSSR count). The Morgan fingerprint density at radius 1 is 1.14 bits per heavy atom. The molecule has 1 aliphatic rings. The molecule has 112 valence electrons. The van der Waals surface area contributed by atoms with Crippen molar-refractivity contribution >= 4 is 11.6 Å². The zero-order valence-electron chi connectivity index (χ0n) is 12.3. The molecule has 5 heteroatoms. The van der Waals surface area contributed by atoms with Crippen molar-refractivity contribution in [3.63, 3.8) is 0 Å². The van der Waals surface area contributed by atoms with Gasteiger partial charge in [-0.25, -0.2) is 0 Å². The first-order valence-electron chi connectivity index (χ1n) is 7.12. The molecule has 0 unspecified atom stereocenters. The second-order valence-corrected chi connectivity index (χ2v) is 5.65. The van der Waals surface area contributed by atoms with Gasteiger partial charge in [0.2, 0.25) is 0 Å². The summed E-state index contributed by atoms with van der Waals surface area (Å²) in [5.41, 5.74) is 6.80. The second-order valence-electron chi connectivity index (χ2n) is 5.24. The molecule has 0 spiro atoms. The van der Waals surface area contributed by atoms with Crippen LogP contribution in [0.4, 0.5) is 0 Å². The summed E-state index contributed by atoms with van der Waals surface area (Å²) < 4.78 is 13.4. The minimum Gasteiger partial charge on any atom is -0.489 e. The maximum Gasteiger partial charge on any atom is 0.179 e. The number of benzene rings is 1. The highest BCUT2D eigenvalue weighted by molar-refractivity contribution is 6.32. The molecule has 0 bridgehead atoms. The molecule has 1 aliphatic heterocycles. The molecule has 0 atom stereocenters. The van der Waals surface area contributed by atoms with Crippen molar-refractivity contribution in [1.29, 1.82) is 0 Å². The smallest absolute Gasteiger partial charge is 0.179 e. The van der Waals surface area contributed by atoms with E-state index in [1.165, 1.54) is 11.4 Å². The summed E-state index contributed by atoms with van der Waals surface area (Å²) in [6.45, 7) is 6.12. The standard InChI is InChI=1S/C16H19ClN2O2/c1-11-4-5-12(2)19(11)18-10-13-8-14(17)16-15(9-13)20-6-3-7-21-16/h4-5,8-9,18H,3,6-7,10H2,1-2H3. The summed E-state index contributed by atoms with van der Waals surface area (Å²) in [5, 5.41) is 0.604. The van der Waals surface area contributed by atoms with E-state index in [0.717, 1.165) is 17.7 Å². The second kappa shape index (κ2) is 5.90. The van der Waals surface area contributed by atoms with Crippen LogP contribution in [0.2, 0.25) is 5.02 Å². The van der Waals surface area contributed by atoms with E-state index in [1.807, 2.05) is 12.1 Å². The van der Waals surface area contributed by atoms with Crippen molar-refractivity contribution in [3.8, 4) is 11.5 Å². The molecule has 21 heavy (non-hydrogen) atoms. The SMILES string of the molecule is Cc1ccc(C)n1NCc1cc(Cl)c2c(c1)OCCCO2. The van der Waals surface area contributed by atoms with Gasteiger partial charge in [0.25, 0.3) is 0 Å². The molecular weight excluding hydrogens is 288 g/mol. The minimum atomic E-state index is 0.604. The van der Waals surface area contributed by atoms with Gasteiger partial charge in [0, 0.05) is 17.8 Å². The Morgan fingerprint density at radius 3 is 2.62 bits per heavy atom. The summed E-state index contributed by atoms with van der Waals surface area (Å²) >= 11 is 6.30. The van der Waals surface area contributed by atoms with Crippen molar-refractivity contribution in [2.75, 3.05) is 18.6 Å². The van der Waals surface area contributed by atoms with Crippen molar-refractivity contribution in [2.24, 2.45) is 0 Å². The molecule has 0 saturated carbocycles. The fourth-order valence-electron chi connectivity index (χ4n) is 2.47. The van der Waals surface area contributed by atoms with Crippen LogP contribution in [0.25, 0.3) is 0 Å². The molecule has 4 nitrogen and oxygen atoms in total. The van der Waals surface area contributed by atoms with Crippen LogP contribution in [0.3, 0.4) is 0 Å². The number of aromatic nitrogens is 1. The average molecular weight is 307 g/mol. The average Bonchev–Trinajstić information content (AvgIpc) is 2.67. The predicted octanol–water partition coefficient (Wildman–Crippen LogP) is 3.66. The number of ether oxygens (including phenoxy) is 2. The van der Waals surface area contributed by atoms with E-state index < -0.39 is 0 Å². The number of halogens is 1. The fraction of sp³-hybridized carbons (Fsp3) is 0.375. The van der Waals surface area contributed by atoms with Gasteiger partial charge in [-0.15, -0.1) is 0 Å². The lowest BCUT2D eigenvalue weighted by Crippen LogP contribution is -2.17. The topological polar surface area (TPSA) is 35.4 Å². The third-order valence-corrected chi connectivity index (χ3v) is 3.86. The molecule has 0 amide bonds. The highest BCUT2D eigenvalue weighted by atomic mass is 35.5. The lowest BCUT2D eigenvalue weighted by molar-refractivity contribution is 0.297. The quantitative estimate of drug-likeness (QED) is 0.940. The van der Waals surface area contributed by atoms with E-state index in [2.05, 4.69) is 36.1 Å². The van der Waals surface area contributed by atoms with Crippen LogP contribution in [0.15, 0.2) is 24.3 Å². The largest absolute Gasteiger partial charge is 0.489 e. The van der Waals surface area contributed by atoms with Gasteiger partial charge in [0.1, 0.15) is 0 Å². The molecule has 1 aromatic carbocycles. The van der Waals surface area contributed by atoms with E-state index in [9.17, 15) is 0 Å².